The van der Waals surface area contributed by atoms with Gasteiger partial charge in [0.25, 0.3) is 0 Å². The molecule has 0 aliphatic rings. The van der Waals surface area contributed by atoms with Crippen LogP contribution >= 0.6 is 7.60 Å². The predicted molar refractivity (Wildman–Crippen MR) is 179 cm³/mol. The van der Waals surface area contributed by atoms with Crippen LogP contribution in [0.2, 0.25) is 0 Å². The van der Waals surface area contributed by atoms with E-state index in [0.717, 1.165) is 47.4 Å². The van der Waals surface area contributed by atoms with Crippen LogP contribution in [0.1, 0.15) is 126 Å². The van der Waals surface area contributed by atoms with Crippen molar-refractivity contribution in [1.29, 1.82) is 0 Å². The van der Waals surface area contributed by atoms with E-state index in [1.165, 1.54) is 64.2 Å². The summed E-state index contributed by atoms with van der Waals surface area (Å²) >= 11 is 0. The third-order valence-corrected chi connectivity index (χ3v) is 9.19. The van der Waals surface area contributed by atoms with Gasteiger partial charge < -0.3 is 24.6 Å². The Morgan fingerprint density at radius 1 is 0.933 bits per heavy atom. The van der Waals surface area contributed by atoms with E-state index in [2.05, 4.69) is 17.2 Å². The smallest absolute Gasteiger partial charge is 0.359 e. The summed E-state index contributed by atoms with van der Waals surface area (Å²) in [5, 5.41) is 2.82. The molecular weight excluding hydrogens is 594 g/mol. The normalized spacial score (nSPS) is 13.0. The lowest BCUT2D eigenvalue weighted by atomic mass is 10.0. The highest BCUT2D eigenvalue weighted by Gasteiger charge is 2.32. The van der Waals surface area contributed by atoms with Gasteiger partial charge in [0.15, 0.2) is 0 Å². The lowest BCUT2D eigenvalue weighted by Crippen LogP contribution is -2.38. The number of rotatable bonds is 24. The number of benzene rings is 1. The third-order valence-electron chi connectivity index (χ3n) is 8.25. The maximum absolute atomic E-state index is 14.4. The Morgan fingerprint density at radius 2 is 1.49 bits per heavy atom. The molecule has 2 aromatic rings. The van der Waals surface area contributed by atoms with Gasteiger partial charge in [-0.25, -0.2) is 4.39 Å². The summed E-state index contributed by atoms with van der Waals surface area (Å²) in [4.78, 5) is 35.8. The molecule has 10 heteroatoms. The highest BCUT2D eigenvalue weighted by atomic mass is 31.2. The number of carbonyl (C=O) groups excluding carboxylic acids is 1. The van der Waals surface area contributed by atoms with Crippen molar-refractivity contribution in [1.82, 2.24) is 10.3 Å². The molecule has 0 radical (unpaired) electrons. The Labute approximate surface area is 270 Å². The molecule has 1 amide bonds. The van der Waals surface area contributed by atoms with Crippen LogP contribution in [0.5, 0.6) is 11.5 Å². The Morgan fingerprint density at radius 3 is 2.02 bits per heavy atom. The molecule has 8 nitrogen and oxygen atoms in total. The van der Waals surface area contributed by atoms with Crippen molar-refractivity contribution >= 4 is 13.5 Å². The van der Waals surface area contributed by atoms with E-state index in [4.69, 9.17) is 9.47 Å². The average Bonchev–Trinajstić information content (AvgIpc) is 2.99. The number of ether oxygens (including phenoxy) is 2. The molecule has 1 heterocycles. The summed E-state index contributed by atoms with van der Waals surface area (Å²) in [6.45, 7) is 6.36. The van der Waals surface area contributed by atoms with Crippen molar-refractivity contribution in [3.63, 3.8) is 0 Å². The number of methoxy groups -OCH3 is 1. The Bertz CT molecular complexity index is 1170. The number of nitrogens with one attached hydrogen (secondary N) is 1. The molecule has 0 aliphatic heterocycles. The van der Waals surface area contributed by atoms with Crippen molar-refractivity contribution < 1.29 is 33.0 Å². The summed E-state index contributed by atoms with van der Waals surface area (Å²) in [5.74, 6) is -1.18. The number of unbranched alkanes of at least 4 members (excludes halogenated alkanes) is 12. The van der Waals surface area contributed by atoms with Crippen LogP contribution in [-0.2, 0) is 22.4 Å². The number of aryl methyl sites for hydroxylation is 1. The van der Waals surface area contributed by atoms with Gasteiger partial charge in [0, 0.05) is 36.2 Å². The van der Waals surface area contributed by atoms with Crippen LogP contribution in [-0.4, -0.2) is 39.7 Å². The first kappa shape index (κ1) is 38.7. The minimum atomic E-state index is -4.92. The first-order valence-corrected chi connectivity index (χ1v) is 18.4. The van der Waals surface area contributed by atoms with Gasteiger partial charge in [-0.3, -0.25) is 14.3 Å². The molecule has 1 aromatic heterocycles. The molecule has 0 saturated heterocycles. The average molecular weight is 651 g/mol. The van der Waals surface area contributed by atoms with Gasteiger partial charge in [-0.2, -0.15) is 0 Å². The first-order valence-electron chi connectivity index (χ1n) is 16.7. The SMILES string of the molecule is CCCCCCCCCCCCCCCC(=O)N[C@@H](Cc1ccc(OCc2ncc(C)c(OC)c2C)cc1)CC(F)P(=O)(O)O. The molecule has 45 heavy (non-hydrogen) atoms. The van der Waals surface area contributed by atoms with Crippen molar-refractivity contribution in [3.05, 3.63) is 52.8 Å². The summed E-state index contributed by atoms with van der Waals surface area (Å²) in [5.41, 5.74) is 3.41. The van der Waals surface area contributed by atoms with Gasteiger partial charge in [0.2, 0.25) is 11.8 Å². The predicted octanol–water partition coefficient (Wildman–Crippen LogP) is 8.66. The molecule has 0 spiro atoms. The molecule has 1 aromatic carbocycles. The standard InChI is InChI=1S/C35H56FN2O6P/c1-5-6-7-8-9-10-11-12-13-14-15-16-17-18-34(39)38-30(24-33(36)45(40,41)42)23-29-19-21-31(22-20-29)44-26-32-28(3)35(43-4)27(2)25-37-32/h19-22,25,30,33H,5-18,23-24,26H2,1-4H3,(H,38,39)(H2,40,41,42)/t30-,33?/m0/s1. The lowest BCUT2D eigenvalue weighted by molar-refractivity contribution is -0.122. The zero-order valence-electron chi connectivity index (χ0n) is 27.9. The third kappa shape index (κ3) is 15.6. The number of hydrogen-bond donors (Lipinski definition) is 3. The van der Waals surface area contributed by atoms with Gasteiger partial charge in [0.1, 0.15) is 18.1 Å². The lowest BCUT2D eigenvalue weighted by Gasteiger charge is -2.21. The van der Waals surface area contributed by atoms with Crippen molar-refractivity contribution in [2.45, 2.75) is 142 Å². The number of nitrogens with zero attached hydrogens (tertiary/aromatic N) is 1. The molecular formula is C35H56FN2O6P. The second kappa shape index (κ2) is 21.3. The fourth-order valence-corrected chi connectivity index (χ4v) is 6.07. The largest absolute Gasteiger partial charge is 0.496 e. The molecule has 2 atom stereocenters. The van der Waals surface area contributed by atoms with Crippen molar-refractivity contribution in [2.75, 3.05) is 7.11 Å². The van der Waals surface area contributed by atoms with Gasteiger partial charge >= 0.3 is 7.60 Å². The number of carbonyl (C=O) groups is 1. The Kier molecular flexibility index (Phi) is 18.4. The quantitative estimate of drug-likeness (QED) is 0.0769. The second-order valence-corrected chi connectivity index (χ2v) is 13.9. The van der Waals surface area contributed by atoms with E-state index < -0.39 is 26.0 Å². The molecule has 2 rings (SSSR count). The van der Waals surface area contributed by atoms with Crippen LogP contribution < -0.4 is 14.8 Å². The summed E-state index contributed by atoms with van der Waals surface area (Å²) < 4.78 is 37.2. The minimum Gasteiger partial charge on any atom is -0.496 e. The maximum atomic E-state index is 14.4. The fourth-order valence-electron chi connectivity index (χ4n) is 5.54. The number of hydrogen-bond acceptors (Lipinski definition) is 5. The monoisotopic (exact) mass is 650 g/mol. The van der Waals surface area contributed by atoms with Crippen LogP contribution in [0.4, 0.5) is 4.39 Å². The van der Waals surface area contributed by atoms with Crippen LogP contribution in [0.3, 0.4) is 0 Å². The first-order chi connectivity index (χ1) is 21.5. The fraction of sp³-hybridized carbons (Fsp3) is 0.657. The summed E-state index contributed by atoms with van der Waals surface area (Å²) in [6, 6.07) is 6.42. The highest BCUT2D eigenvalue weighted by Crippen LogP contribution is 2.44. The molecule has 0 bridgehead atoms. The Hall–Kier alpha value is -2.48. The molecule has 254 valence electrons. The zero-order chi connectivity index (χ0) is 33.1. The summed E-state index contributed by atoms with van der Waals surface area (Å²) in [7, 11) is -3.30. The van der Waals surface area contributed by atoms with Crippen molar-refractivity contribution in [3.8, 4) is 11.5 Å². The van der Waals surface area contributed by atoms with E-state index in [1.807, 2.05) is 26.0 Å². The molecule has 3 N–H and O–H groups in total. The number of pyridine rings is 1. The van der Waals surface area contributed by atoms with E-state index in [1.54, 1.807) is 25.4 Å². The van der Waals surface area contributed by atoms with Gasteiger partial charge in [-0.1, -0.05) is 96.1 Å². The Balaban J connectivity index is 1.78. The molecule has 0 fully saturated rings. The van der Waals surface area contributed by atoms with E-state index in [9.17, 15) is 23.5 Å². The minimum absolute atomic E-state index is 0.225. The van der Waals surface area contributed by atoms with Crippen LogP contribution in [0.25, 0.3) is 0 Å². The molecule has 0 saturated carbocycles. The molecule has 1 unspecified atom stereocenters. The van der Waals surface area contributed by atoms with E-state index in [0.29, 0.717) is 12.2 Å². The zero-order valence-corrected chi connectivity index (χ0v) is 28.8. The summed E-state index contributed by atoms with van der Waals surface area (Å²) in [6.07, 6.45) is 17.6. The topological polar surface area (TPSA) is 118 Å². The van der Waals surface area contributed by atoms with Crippen molar-refractivity contribution in [2.24, 2.45) is 0 Å². The maximum Gasteiger partial charge on any atom is 0.359 e. The number of amides is 1. The van der Waals surface area contributed by atoms with Crippen LogP contribution in [0, 0.1) is 13.8 Å². The number of aromatic nitrogens is 1. The highest BCUT2D eigenvalue weighted by molar-refractivity contribution is 7.52. The molecule has 0 aliphatic carbocycles. The number of halogens is 1. The van der Waals surface area contributed by atoms with Crippen LogP contribution in [0.15, 0.2) is 30.5 Å². The van der Waals surface area contributed by atoms with E-state index >= 15 is 0 Å². The second-order valence-electron chi connectivity index (χ2n) is 12.2. The van der Waals surface area contributed by atoms with Gasteiger partial charge in [-0.05, 0) is 44.4 Å². The van der Waals surface area contributed by atoms with E-state index in [-0.39, 0.29) is 18.9 Å². The van der Waals surface area contributed by atoms with Gasteiger partial charge in [0.05, 0.1) is 12.8 Å². The van der Waals surface area contributed by atoms with Gasteiger partial charge in [-0.15, -0.1) is 0 Å². The number of alkyl halides is 1.